The number of nitrogens with one attached hydrogen (secondary N) is 2. The Bertz CT molecular complexity index is 860. The van der Waals surface area contributed by atoms with Crippen molar-refractivity contribution in [3.8, 4) is 0 Å². The molecule has 144 valence electrons. The third-order valence-electron chi connectivity index (χ3n) is 5.37. The molecule has 2 aliphatic heterocycles. The molecule has 8 heteroatoms. The molecule has 27 heavy (non-hydrogen) atoms. The van der Waals surface area contributed by atoms with Crippen molar-refractivity contribution in [2.24, 2.45) is 0 Å². The van der Waals surface area contributed by atoms with Crippen molar-refractivity contribution in [2.45, 2.75) is 24.6 Å². The van der Waals surface area contributed by atoms with E-state index in [1.165, 1.54) is 6.07 Å². The molecule has 0 spiro atoms. The van der Waals surface area contributed by atoms with E-state index in [9.17, 15) is 22.0 Å². The minimum atomic E-state index is -4.58. The van der Waals surface area contributed by atoms with Gasteiger partial charge in [0.2, 0.25) is 0 Å². The lowest BCUT2D eigenvalue weighted by molar-refractivity contribution is -0.137. The van der Waals surface area contributed by atoms with Gasteiger partial charge in [-0.15, -0.1) is 0 Å². The first-order valence-electron chi connectivity index (χ1n) is 8.67. The van der Waals surface area contributed by atoms with Crippen molar-refractivity contribution in [3.05, 3.63) is 53.1 Å². The highest BCUT2D eigenvalue weighted by atomic mass is 19.4. The molecule has 2 heterocycles. The average Bonchev–Trinajstić information content (AvgIpc) is 2.90. The molecule has 0 bridgehead atoms. The largest absolute Gasteiger partial charge is 0.418 e. The van der Waals surface area contributed by atoms with Gasteiger partial charge in [-0.2, -0.15) is 13.2 Å². The maximum atomic E-state index is 13.9. The van der Waals surface area contributed by atoms with Crippen LogP contribution in [0.25, 0.3) is 0 Å². The first-order chi connectivity index (χ1) is 12.8. The van der Waals surface area contributed by atoms with E-state index >= 15 is 0 Å². The Morgan fingerprint density at radius 2 is 1.85 bits per heavy atom. The van der Waals surface area contributed by atoms with Gasteiger partial charge >= 0.3 is 6.18 Å². The van der Waals surface area contributed by atoms with Gasteiger partial charge in [-0.05, 0) is 42.8 Å². The summed E-state index contributed by atoms with van der Waals surface area (Å²) in [6, 6.07) is 5.78. The normalized spacial score (nSPS) is 21.8. The van der Waals surface area contributed by atoms with Gasteiger partial charge in [0.05, 0.1) is 11.3 Å². The molecule has 1 saturated heterocycles. The van der Waals surface area contributed by atoms with Crippen molar-refractivity contribution in [1.29, 1.82) is 0 Å². The monoisotopic (exact) mass is 383 g/mol. The molecule has 0 aromatic heterocycles. The molecule has 3 nitrogen and oxygen atoms in total. The fourth-order valence-electron chi connectivity index (χ4n) is 4.17. The van der Waals surface area contributed by atoms with Crippen LogP contribution in [0.4, 0.5) is 39.0 Å². The highest BCUT2D eigenvalue weighted by Gasteiger charge is 2.45. The van der Waals surface area contributed by atoms with Crippen LogP contribution >= 0.6 is 0 Å². The van der Waals surface area contributed by atoms with E-state index in [2.05, 4.69) is 10.6 Å². The number of rotatable bonds is 2. The number of halogens is 5. The van der Waals surface area contributed by atoms with Gasteiger partial charge in [0.15, 0.2) is 0 Å². The van der Waals surface area contributed by atoms with Crippen LogP contribution in [-0.4, -0.2) is 26.2 Å². The van der Waals surface area contributed by atoms with Gasteiger partial charge in [0.25, 0.3) is 0 Å². The van der Waals surface area contributed by atoms with Crippen molar-refractivity contribution in [1.82, 2.24) is 5.32 Å². The second-order valence-electron chi connectivity index (χ2n) is 6.96. The summed E-state index contributed by atoms with van der Waals surface area (Å²) in [6.07, 6.45) is -3.84. The van der Waals surface area contributed by atoms with Gasteiger partial charge in [-0.25, -0.2) is 8.78 Å². The summed E-state index contributed by atoms with van der Waals surface area (Å²) in [4.78, 5) is 1.69. The molecule has 0 saturated carbocycles. The molecule has 0 aliphatic carbocycles. The highest BCUT2D eigenvalue weighted by Crippen LogP contribution is 2.50. The zero-order valence-electron chi connectivity index (χ0n) is 14.5. The molecule has 2 unspecified atom stereocenters. The van der Waals surface area contributed by atoms with Crippen LogP contribution in [0.5, 0.6) is 0 Å². The minimum Gasteiger partial charge on any atom is -0.370 e. The van der Waals surface area contributed by atoms with E-state index in [0.717, 1.165) is 31.2 Å². The van der Waals surface area contributed by atoms with E-state index in [1.807, 2.05) is 0 Å². The van der Waals surface area contributed by atoms with Crippen molar-refractivity contribution < 1.29 is 22.0 Å². The van der Waals surface area contributed by atoms with Gasteiger partial charge in [-0.1, -0.05) is 6.07 Å². The Kier molecular flexibility index (Phi) is 4.25. The van der Waals surface area contributed by atoms with Crippen molar-refractivity contribution in [3.63, 3.8) is 0 Å². The number of anilines is 3. The predicted octanol–water partition coefficient (Wildman–Crippen LogP) is 4.62. The Morgan fingerprint density at radius 1 is 1.15 bits per heavy atom. The average molecular weight is 383 g/mol. The standard InChI is InChI=1S/C19H18F5N3/c1-27-16-5-6-25-9-12(16)11-7-10(8-13(18(11)27)19(22,23)24)26-17-14(20)3-2-4-15(17)21/h2-4,7-8,12,16,25-26H,5-6,9H2,1H3. The summed E-state index contributed by atoms with van der Waals surface area (Å²) >= 11 is 0. The summed E-state index contributed by atoms with van der Waals surface area (Å²) in [5, 5.41) is 5.72. The second-order valence-corrected chi connectivity index (χ2v) is 6.96. The van der Waals surface area contributed by atoms with E-state index in [-0.39, 0.29) is 23.3 Å². The molecule has 2 atom stereocenters. The van der Waals surface area contributed by atoms with Crippen molar-refractivity contribution >= 4 is 17.1 Å². The molecular weight excluding hydrogens is 365 g/mol. The summed E-state index contributed by atoms with van der Waals surface area (Å²) < 4.78 is 69.1. The number of hydrogen-bond acceptors (Lipinski definition) is 3. The first-order valence-corrected chi connectivity index (χ1v) is 8.67. The number of piperidine rings is 1. The number of nitrogens with zero attached hydrogens (tertiary/aromatic N) is 1. The van der Waals surface area contributed by atoms with Crippen LogP contribution in [0.3, 0.4) is 0 Å². The fourth-order valence-corrected chi connectivity index (χ4v) is 4.17. The molecule has 2 aromatic carbocycles. The Hall–Kier alpha value is -2.35. The number of hydrogen-bond donors (Lipinski definition) is 2. The zero-order valence-corrected chi connectivity index (χ0v) is 14.5. The maximum absolute atomic E-state index is 13.9. The van der Waals surface area contributed by atoms with Crippen LogP contribution in [0, 0.1) is 11.6 Å². The molecule has 0 radical (unpaired) electrons. The third-order valence-corrected chi connectivity index (χ3v) is 5.37. The molecule has 2 aliphatic rings. The lowest BCUT2D eigenvalue weighted by Gasteiger charge is -2.31. The zero-order chi connectivity index (χ0) is 19.3. The predicted molar refractivity (Wildman–Crippen MR) is 93.5 cm³/mol. The SMILES string of the molecule is CN1c2c(cc(Nc3c(F)cccc3F)cc2C(F)(F)F)C2CNCCC21. The topological polar surface area (TPSA) is 27.3 Å². The summed E-state index contributed by atoms with van der Waals surface area (Å²) in [5.74, 6) is -1.83. The van der Waals surface area contributed by atoms with E-state index in [1.54, 1.807) is 18.0 Å². The smallest absolute Gasteiger partial charge is 0.370 e. The van der Waals surface area contributed by atoms with Crippen LogP contribution in [0.15, 0.2) is 30.3 Å². The molecule has 1 fully saturated rings. The van der Waals surface area contributed by atoms with Crippen molar-refractivity contribution in [2.75, 3.05) is 30.4 Å². The third kappa shape index (κ3) is 3.01. The van der Waals surface area contributed by atoms with Gasteiger partial charge in [0.1, 0.15) is 17.3 Å². The fraction of sp³-hybridized carbons (Fsp3) is 0.368. The van der Waals surface area contributed by atoms with Crippen LogP contribution < -0.4 is 15.5 Å². The van der Waals surface area contributed by atoms with E-state index < -0.39 is 29.1 Å². The Morgan fingerprint density at radius 3 is 2.52 bits per heavy atom. The minimum absolute atomic E-state index is 0.0182. The summed E-state index contributed by atoms with van der Waals surface area (Å²) in [5.41, 5.74) is -0.541. The summed E-state index contributed by atoms with van der Waals surface area (Å²) in [6.45, 7) is 1.31. The molecule has 2 aromatic rings. The quantitative estimate of drug-likeness (QED) is 0.741. The molecule has 2 N–H and O–H groups in total. The van der Waals surface area contributed by atoms with E-state index in [4.69, 9.17) is 0 Å². The number of benzene rings is 2. The highest BCUT2D eigenvalue weighted by molar-refractivity contribution is 5.74. The van der Waals surface area contributed by atoms with Gasteiger partial charge < -0.3 is 15.5 Å². The molecular formula is C19H18F5N3. The Balaban J connectivity index is 1.84. The number of likely N-dealkylation sites (N-methyl/N-ethyl adjacent to an activating group) is 1. The van der Waals surface area contributed by atoms with Gasteiger partial charge in [-0.3, -0.25) is 0 Å². The van der Waals surface area contributed by atoms with Crippen LogP contribution in [0.1, 0.15) is 23.5 Å². The van der Waals surface area contributed by atoms with Crippen LogP contribution in [-0.2, 0) is 6.18 Å². The lowest BCUT2D eigenvalue weighted by atomic mass is 9.89. The number of fused-ring (bicyclic) bond motifs is 3. The Labute approximate surface area is 153 Å². The lowest BCUT2D eigenvalue weighted by Crippen LogP contribution is -2.42. The molecule has 4 rings (SSSR count). The molecule has 0 amide bonds. The van der Waals surface area contributed by atoms with E-state index in [0.29, 0.717) is 12.1 Å². The van der Waals surface area contributed by atoms with Gasteiger partial charge in [0, 0.05) is 31.2 Å². The first kappa shape index (κ1) is 18.0. The number of para-hydroxylation sites is 1. The summed E-state index contributed by atoms with van der Waals surface area (Å²) in [7, 11) is 1.67. The second kappa shape index (κ2) is 6.37. The number of alkyl halides is 3. The van der Waals surface area contributed by atoms with Crippen LogP contribution in [0.2, 0.25) is 0 Å². The maximum Gasteiger partial charge on any atom is 0.418 e.